The summed E-state index contributed by atoms with van der Waals surface area (Å²) in [6.45, 7) is 0.981. The van der Waals surface area contributed by atoms with Crippen molar-refractivity contribution in [2.75, 3.05) is 5.75 Å². The largest absolute Gasteiger partial charge is 0.404 e. The normalized spacial score (nSPS) is 13.4. The predicted molar refractivity (Wildman–Crippen MR) is 99.1 cm³/mol. The van der Waals surface area contributed by atoms with Gasteiger partial charge in [-0.3, -0.25) is 4.79 Å². The molecular weight excluding hydrogens is 458 g/mol. The van der Waals surface area contributed by atoms with E-state index in [0.29, 0.717) is 15.6 Å². The molecule has 0 spiro atoms. The number of nitrogens with one attached hydrogen (secondary N) is 1. The summed E-state index contributed by atoms with van der Waals surface area (Å²) in [6, 6.07) is 3.59. The summed E-state index contributed by atoms with van der Waals surface area (Å²) in [5, 5.41) is 12.3. The van der Waals surface area contributed by atoms with Gasteiger partial charge in [-0.1, -0.05) is 36.2 Å². The summed E-state index contributed by atoms with van der Waals surface area (Å²) in [5.41, 5.74) is 0.563. The lowest BCUT2D eigenvalue weighted by Crippen LogP contribution is -2.45. The van der Waals surface area contributed by atoms with Crippen molar-refractivity contribution in [2.45, 2.75) is 38.5 Å². The van der Waals surface area contributed by atoms with Crippen LogP contribution in [0.2, 0.25) is 10.0 Å². The number of hydrogen-bond acceptors (Lipinski definition) is 6. The molecule has 0 aliphatic heterocycles. The quantitative estimate of drug-likeness (QED) is 0.599. The summed E-state index contributed by atoms with van der Waals surface area (Å²) in [6.07, 6.45) is -4.83. The third kappa shape index (κ3) is 7.21. The van der Waals surface area contributed by atoms with Crippen molar-refractivity contribution >= 4 is 39.0 Å². The van der Waals surface area contributed by atoms with Gasteiger partial charge < -0.3 is 0 Å². The van der Waals surface area contributed by atoms with E-state index in [-0.39, 0.29) is 18.7 Å². The number of carbonyl (C=O) groups excluding carboxylic acids is 1. The molecule has 1 aromatic heterocycles. The standard InChI is InChI=1S/C15H16Cl2F3N5O3S/c1-2-12(23-29(27,28)8-15(18,19)20)13(26)7-25-22-14(21-24-25)6-9-10(16)4-3-5-11(9)17/h3-5,12,23H,2,6-8H2,1H3. The van der Waals surface area contributed by atoms with Gasteiger partial charge in [-0.25, -0.2) is 13.1 Å². The first-order valence-electron chi connectivity index (χ1n) is 8.19. The molecule has 0 bridgehead atoms. The highest BCUT2D eigenvalue weighted by Gasteiger charge is 2.36. The summed E-state index contributed by atoms with van der Waals surface area (Å²) >= 11 is 12.1. The van der Waals surface area contributed by atoms with Crippen LogP contribution in [0, 0.1) is 0 Å². The molecule has 0 aliphatic rings. The van der Waals surface area contributed by atoms with Gasteiger partial charge in [0.1, 0.15) is 6.54 Å². The summed E-state index contributed by atoms with van der Waals surface area (Å²) < 4.78 is 61.9. The highest BCUT2D eigenvalue weighted by atomic mass is 35.5. The van der Waals surface area contributed by atoms with Gasteiger partial charge in [0, 0.05) is 16.5 Å². The lowest BCUT2D eigenvalue weighted by Gasteiger charge is -2.16. The number of halogens is 5. The molecule has 0 radical (unpaired) electrons. The van der Waals surface area contributed by atoms with Crippen LogP contribution in [0.4, 0.5) is 13.2 Å². The van der Waals surface area contributed by atoms with E-state index >= 15 is 0 Å². The zero-order valence-electron chi connectivity index (χ0n) is 14.9. The fourth-order valence-electron chi connectivity index (χ4n) is 2.37. The number of tetrazole rings is 1. The Morgan fingerprint density at radius 2 is 1.90 bits per heavy atom. The van der Waals surface area contributed by atoms with Gasteiger partial charge in [0.25, 0.3) is 0 Å². The highest BCUT2D eigenvalue weighted by Crippen LogP contribution is 2.25. The maximum atomic E-state index is 12.3. The molecule has 29 heavy (non-hydrogen) atoms. The number of nitrogens with zero attached hydrogens (tertiary/aromatic N) is 4. The number of sulfonamides is 1. The third-order valence-electron chi connectivity index (χ3n) is 3.66. The van der Waals surface area contributed by atoms with Gasteiger partial charge in [-0.15, -0.1) is 10.2 Å². The molecule has 1 unspecified atom stereocenters. The molecule has 0 saturated carbocycles. The molecule has 2 rings (SSSR count). The van der Waals surface area contributed by atoms with Gasteiger partial charge in [0.05, 0.1) is 6.04 Å². The third-order valence-corrected chi connectivity index (χ3v) is 5.72. The van der Waals surface area contributed by atoms with Crippen molar-refractivity contribution < 1.29 is 26.4 Å². The van der Waals surface area contributed by atoms with Gasteiger partial charge in [0.2, 0.25) is 10.0 Å². The van der Waals surface area contributed by atoms with Crippen LogP contribution in [0.15, 0.2) is 18.2 Å². The number of hydrogen-bond donors (Lipinski definition) is 1. The maximum Gasteiger partial charge on any atom is 0.404 e. The van der Waals surface area contributed by atoms with E-state index in [1.807, 2.05) is 0 Å². The average molecular weight is 474 g/mol. The Labute approximate surface area is 174 Å². The number of aromatic nitrogens is 4. The fourth-order valence-corrected chi connectivity index (χ4v) is 4.15. The molecule has 0 amide bonds. The van der Waals surface area contributed by atoms with Crippen LogP contribution in [0.5, 0.6) is 0 Å². The van der Waals surface area contributed by atoms with Crippen LogP contribution < -0.4 is 4.72 Å². The molecule has 1 N–H and O–H groups in total. The zero-order chi connectivity index (χ0) is 21.8. The second kappa shape index (κ2) is 9.37. The number of Topliss-reactive ketones (excluding diaryl/α,β-unsaturated/α-hetero) is 1. The first-order chi connectivity index (χ1) is 13.4. The number of rotatable bonds is 9. The molecule has 1 aromatic carbocycles. The van der Waals surface area contributed by atoms with Crippen molar-refractivity contribution in [3.63, 3.8) is 0 Å². The molecule has 0 saturated heterocycles. The van der Waals surface area contributed by atoms with E-state index in [0.717, 1.165) is 4.80 Å². The number of ketones is 1. The molecule has 8 nitrogen and oxygen atoms in total. The molecule has 0 aliphatic carbocycles. The molecule has 1 heterocycles. The summed E-state index contributed by atoms with van der Waals surface area (Å²) in [7, 11) is -4.72. The Morgan fingerprint density at radius 1 is 1.28 bits per heavy atom. The van der Waals surface area contributed by atoms with Crippen LogP contribution in [0.1, 0.15) is 24.7 Å². The Hall–Kier alpha value is -1.76. The van der Waals surface area contributed by atoms with Crippen molar-refractivity contribution in [2.24, 2.45) is 0 Å². The van der Waals surface area contributed by atoms with Gasteiger partial charge in [0.15, 0.2) is 17.4 Å². The Morgan fingerprint density at radius 3 is 2.45 bits per heavy atom. The Bertz CT molecular complexity index is 962. The van der Waals surface area contributed by atoms with Crippen LogP contribution >= 0.6 is 23.2 Å². The van der Waals surface area contributed by atoms with E-state index < -0.39 is 40.3 Å². The van der Waals surface area contributed by atoms with Crippen molar-refractivity contribution in [1.29, 1.82) is 0 Å². The number of carbonyl (C=O) groups is 1. The minimum Gasteiger partial charge on any atom is -0.296 e. The zero-order valence-corrected chi connectivity index (χ0v) is 17.3. The summed E-state index contributed by atoms with van der Waals surface area (Å²) in [5.74, 6) is -2.58. The van der Waals surface area contributed by atoms with E-state index in [2.05, 4.69) is 15.4 Å². The van der Waals surface area contributed by atoms with Gasteiger partial charge in [-0.2, -0.15) is 18.0 Å². The van der Waals surface area contributed by atoms with E-state index in [4.69, 9.17) is 23.2 Å². The summed E-state index contributed by atoms with van der Waals surface area (Å²) in [4.78, 5) is 13.2. The van der Waals surface area contributed by atoms with Crippen LogP contribution in [-0.4, -0.2) is 52.4 Å². The second-order valence-corrected chi connectivity index (χ2v) is 8.60. The van der Waals surface area contributed by atoms with Crippen LogP contribution in [-0.2, 0) is 27.8 Å². The fraction of sp³-hybridized carbons (Fsp3) is 0.467. The Kier molecular flexibility index (Phi) is 7.60. The van der Waals surface area contributed by atoms with Gasteiger partial charge >= 0.3 is 6.18 Å². The minimum absolute atomic E-state index is 0.0489. The number of benzene rings is 1. The monoisotopic (exact) mass is 473 g/mol. The lowest BCUT2D eigenvalue weighted by atomic mass is 10.1. The topological polar surface area (TPSA) is 107 Å². The van der Waals surface area contributed by atoms with Crippen LogP contribution in [0.25, 0.3) is 0 Å². The average Bonchev–Trinajstić information content (AvgIpc) is 3.01. The smallest absolute Gasteiger partial charge is 0.296 e. The molecule has 2 aromatic rings. The van der Waals surface area contributed by atoms with Crippen molar-refractivity contribution in [1.82, 2.24) is 24.9 Å². The first kappa shape index (κ1) is 23.5. The second-order valence-electron chi connectivity index (χ2n) is 6.03. The predicted octanol–water partition coefficient (Wildman–Crippen LogP) is 2.40. The SMILES string of the molecule is CCC(NS(=O)(=O)CC(F)(F)F)C(=O)Cn1nnc(Cc2c(Cl)cccc2Cl)n1. The molecule has 0 fully saturated rings. The molecule has 160 valence electrons. The molecule has 14 heteroatoms. The van der Waals surface area contributed by atoms with E-state index in [1.165, 1.54) is 6.92 Å². The van der Waals surface area contributed by atoms with Crippen molar-refractivity contribution in [3.8, 4) is 0 Å². The molecular formula is C15H16Cl2F3N5O3S. The maximum absolute atomic E-state index is 12.3. The highest BCUT2D eigenvalue weighted by molar-refractivity contribution is 7.89. The van der Waals surface area contributed by atoms with E-state index in [1.54, 1.807) is 22.9 Å². The first-order valence-corrected chi connectivity index (χ1v) is 10.6. The van der Waals surface area contributed by atoms with Crippen molar-refractivity contribution in [3.05, 3.63) is 39.6 Å². The lowest BCUT2D eigenvalue weighted by molar-refractivity contribution is -0.122. The van der Waals surface area contributed by atoms with Gasteiger partial charge in [-0.05, 0) is 29.3 Å². The molecule has 1 atom stereocenters. The van der Waals surface area contributed by atoms with Crippen LogP contribution in [0.3, 0.4) is 0 Å². The Balaban J connectivity index is 2.05. The van der Waals surface area contributed by atoms with E-state index in [9.17, 15) is 26.4 Å². The minimum atomic E-state index is -4.92. The number of alkyl halides is 3.